The van der Waals surface area contributed by atoms with E-state index in [1.165, 1.54) is 16.9 Å². The predicted molar refractivity (Wildman–Crippen MR) is 94.0 cm³/mol. The van der Waals surface area contributed by atoms with Crippen molar-refractivity contribution in [1.82, 2.24) is 9.78 Å². The van der Waals surface area contributed by atoms with Gasteiger partial charge in [-0.2, -0.15) is 5.10 Å². The van der Waals surface area contributed by atoms with Crippen LogP contribution in [0.3, 0.4) is 0 Å². The molecule has 0 saturated carbocycles. The van der Waals surface area contributed by atoms with Crippen molar-refractivity contribution in [3.8, 4) is 5.69 Å². The first kappa shape index (κ1) is 16.0. The highest BCUT2D eigenvalue weighted by molar-refractivity contribution is 6.30. The van der Waals surface area contributed by atoms with Gasteiger partial charge in [-0.1, -0.05) is 35.9 Å². The van der Waals surface area contributed by atoms with Gasteiger partial charge < -0.3 is 5.32 Å². The van der Waals surface area contributed by atoms with E-state index in [2.05, 4.69) is 10.4 Å². The minimum absolute atomic E-state index is 0.180. The molecule has 1 heterocycles. The van der Waals surface area contributed by atoms with Crippen LogP contribution in [0.5, 0.6) is 0 Å². The van der Waals surface area contributed by atoms with Gasteiger partial charge in [0.25, 0.3) is 5.91 Å². The van der Waals surface area contributed by atoms with Gasteiger partial charge in [0.2, 0.25) is 5.43 Å². The van der Waals surface area contributed by atoms with Gasteiger partial charge in [0.1, 0.15) is 0 Å². The van der Waals surface area contributed by atoms with Crippen LogP contribution in [-0.2, 0) is 0 Å². The fraction of sp³-hybridized carbons (Fsp3) is 0.0556. The number of amides is 1. The Morgan fingerprint density at radius 3 is 2.67 bits per heavy atom. The molecule has 120 valence electrons. The molecule has 24 heavy (non-hydrogen) atoms. The maximum Gasteiger partial charge on any atom is 0.280 e. The predicted octanol–water partition coefficient (Wildman–Crippen LogP) is 3.45. The number of halogens is 1. The number of nitrogens with one attached hydrogen (secondary N) is 1. The molecule has 0 atom stereocenters. The molecular weight excluding hydrogens is 326 g/mol. The van der Waals surface area contributed by atoms with Gasteiger partial charge in [-0.15, -0.1) is 0 Å². The Kier molecular flexibility index (Phi) is 4.44. The summed E-state index contributed by atoms with van der Waals surface area (Å²) in [4.78, 5) is 24.4. The Bertz CT molecular complexity index is 966. The lowest BCUT2D eigenvalue weighted by Crippen LogP contribution is -2.25. The lowest BCUT2D eigenvalue weighted by atomic mass is 10.2. The number of hydrogen-bond donors (Lipinski definition) is 1. The molecule has 5 nitrogen and oxygen atoms in total. The first-order chi connectivity index (χ1) is 11.5. The maximum absolute atomic E-state index is 12.4. The van der Waals surface area contributed by atoms with Crippen molar-refractivity contribution in [3.05, 3.63) is 87.3 Å². The fourth-order valence-corrected chi connectivity index (χ4v) is 2.41. The van der Waals surface area contributed by atoms with E-state index < -0.39 is 11.3 Å². The first-order valence-electron chi connectivity index (χ1n) is 7.27. The highest BCUT2D eigenvalue weighted by atomic mass is 35.5. The summed E-state index contributed by atoms with van der Waals surface area (Å²) in [6.45, 7) is 1.87. The number of aryl methyl sites for hydroxylation is 1. The summed E-state index contributed by atoms with van der Waals surface area (Å²) in [5.41, 5.74) is 1.58. The van der Waals surface area contributed by atoms with Crippen LogP contribution in [0.2, 0.25) is 5.02 Å². The number of carbonyl (C=O) groups excluding carboxylic acids is 1. The second-order valence-corrected chi connectivity index (χ2v) is 5.66. The van der Waals surface area contributed by atoms with Gasteiger partial charge in [-0.25, -0.2) is 4.68 Å². The molecule has 0 spiro atoms. The number of benzene rings is 2. The number of hydrogen-bond acceptors (Lipinski definition) is 3. The van der Waals surface area contributed by atoms with E-state index in [1.807, 2.05) is 25.1 Å². The highest BCUT2D eigenvalue weighted by Gasteiger charge is 2.14. The van der Waals surface area contributed by atoms with Crippen molar-refractivity contribution < 1.29 is 4.79 Å². The van der Waals surface area contributed by atoms with Gasteiger partial charge in [-0.05, 0) is 36.8 Å². The standard InChI is InChI=1S/C18H14ClN3O2/c1-12-5-2-3-8-15(12)20-18(24)17-16(23)9-10-22(21-17)14-7-4-6-13(19)11-14/h2-11H,1H3,(H,20,24). The molecule has 0 unspecified atom stereocenters. The minimum Gasteiger partial charge on any atom is -0.320 e. The molecule has 0 fully saturated rings. The lowest BCUT2D eigenvalue weighted by Gasteiger charge is -2.09. The third kappa shape index (κ3) is 3.36. The Labute approximate surface area is 143 Å². The first-order valence-corrected chi connectivity index (χ1v) is 7.65. The van der Waals surface area contributed by atoms with Crippen molar-refractivity contribution in [2.45, 2.75) is 6.92 Å². The topological polar surface area (TPSA) is 64.0 Å². The Balaban J connectivity index is 1.96. The molecule has 0 saturated heterocycles. The molecule has 0 aliphatic rings. The van der Waals surface area contributed by atoms with Crippen molar-refractivity contribution in [2.75, 3.05) is 5.32 Å². The van der Waals surface area contributed by atoms with Crippen LogP contribution in [0.15, 0.2) is 65.6 Å². The van der Waals surface area contributed by atoms with Crippen LogP contribution >= 0.6 is 11.6 Å². The highest BCUT2D eigenvalue weighted by Crippen LogP contribution is 2.15. The normalized spacial score (nSPS) is 10.4. The van der Waals surface area contributed by atoms with Gasteiger partial charge in [-0.3, -0.25) is 9.59 Å². The zero-order valence-corrected chi connectivity index (χ0v) is 13.6. The summed E-state index contributed by atoms with van der Waals surface area (Å²) in [7, 11) is 0. The smallest absolute Gasteiger partial charge is 0.280 e. The summed E-state index contributed by atoms with van der Waals surface area (Å²) in [5.74, 6) is -0.550. The average Bonchev–Trinajstić information content (AvgIpc) is 2.57. The second-order valence-electron chi connectivity index (χ2n) is 5.22. The molecule has 3 rings (SSSR count). The summed E-state index contributed by atoms with van der Waals surface area (Å²) < 4.78 is 1.44. The summed E-state index contributed by atoms with van der Waals surface area (Å²) >= 11 is 5.97. The largest absolute Gasteiger partial charge is 0.320 e. The van der Waals surface area contributed by atoms with Gasteiger partial charge in [0.15, 0.2) is 5.69 Å². The van der Waals surface area contributed by atoms with Crippen LogP contribution in [0.25, 0.3) is 5.69 Å². The van der Waals surface area contributed by atoms with E-state index in [1.54, 1.807) is 30.3 Å². The molecule has 0 radical (unpaired) electrons. The molecule has 1 amide bonds. The Hall–Kier alpha value is -2.92. The molecule has 6 heteroatoms. The van der Waals surface area contributed by atoms with Crippen molar-refractivity contribution in [2.24, 2.45) is 0 Å². The molecule has 0 bridgehead atoms. The number of carbonyl (C=O) groups is 1. The van der Waals surface area contributed by atoms with E-state index >= 15 is 0 Å². The summed E-state index contributed by atoms with van der Waals surface area (Å²) in [6.07, 6.45) is 1.50. The van der Waals surface area contributed by atoms with Crippen LogP contribution in [0, 0.1) is 6.92 Å². The third-order valence-electron chi connectivity index (χ3n) is 3.49. The number of aromatic nitrogens is 2. The van der Waals surface area contributed by atoms with E-state index in [9.17, 15) is 9.59 Å². The summed E-state index contributed by atoms with van der Waals surface area (Å²) in [5, 5.41) is 7.40. The summed E-state index contributed by atoms with van der Waals surface area (Å²) in [6, 6.07) is 15.6. The van der Waals surface area contributed by atoms with E-state index in [-0.39, 0.29) is 5.69 Å². The number of para-hydroxylation sites is 1. The molecule has 3 aromatic rings. The molecular formula is C18H14ClN3O2. The zero-order chi connectivity index (χ0) is 17.1. The molecule has 0 aliphatic heterocycles. The van der Waals surface area contributed by atoms with Gasteiger partial charge in [0.05, 0.1) is 5.69 Å². The fourth-order valence-electron chi connectivity index (χ4n) is 2.22. The van der Waals surface area contributed by atoms with Crippen LogP contribution < -0.4 is 10.7 Å². The minimum atomic E-state index is -0.550. The van der Waals surface area contributed by atoms with Crippen molar-refractivity contribution in [1.29, 1.82) is 0 Å². The Morgan fingerprint density at radius 1 is 1.12 bits per heavy atom. The molecule has 1 N–H and O–H groups in total. The zero-order valence-electron chi connectivity index (χ0n) is 12.9. The quantitative estimate of drug-likeness (QED) is 0.795. The van der Waals surface area contributed by atoms with Gasteiger partial charge >= 0.3 is 0 Å². The van der Waals surface area contributed by atoms with Crippen molar-refractivity contribution in [3.63, 3.8) is 0 Å². The van der Waals surface area contributed by atoms with Crippen LogP contribution in [-0.4, -0.2) is 15.7 Å². The Morgan fingerprint density at radius 2 is 1.92 bits per heavy atom. The van der Waals surface area contributed by atoms with E-state index in [4.69, 9.17) is 11.6 Å². The molecule has 0 aliphatic carbocycles. The SMILES string of the molecule is Cc1ccccc1NC(=O)c1nn(-c2cccc(Cl)c2)ccc1=O. The third-order valence-corrected chi connectivity index (χ3v) is 3.72. The van der Waals surface area contributed by atoms with E-state index in [0.29, 0.717) is 16.4 Å². The monoisotopic (exact) mass is 339 g/mol. The van der Waals surface area contributed by atoms with E-state index in [0.717, 1.165) is 5.56 Å². The molecule has 1 aromatic heterocycles. The molecule has 2 aromatic carbocycles. The van der Waals surface area contributed by atoms with Crippen molar-refractivity contribution >= 4 is 23.2 Å². The van der Waals surface area contributed by atoms with Crippen LogP contribution in [0.1, 0.15) is 16.1 Å². The number of rotatable bonds is 3. The average molecular weight is 340 g/mol. The van der Waals surface area contributed by atoms with Crippen LogP contribution in [0.4, 0.5) is 5.69 Å². The number of anilines is 1. The maximum atomic E-state index is 12.4. The number of nitrogens with zero attached hydrogens (tertiary/aromatic N) is 2. The van der Waals surface area contributed by atoms with Gasteiger partial charge in [0, 0.05) is 23.0 Å². The lowest BCUT2D eigenvalue weighted by molar-refractivity contribution is 0.101. The second kappa shape index (κ2) is 6.68.